The average Bonchev–Trinajstić information content (AvgIpc) is 2.85. The molecule has 0 bridgehead atoms. The fraction of sp³-hybridized carbons (Fsp3) is 0.407. The lowest BCUT2D eigenvalue weighted by Crippen LogP contribution is -2.31. The number of fused-ring (bicyclic) bond motifs is 1. The van der Waals surface area contributed by atoms with E-state index < -0.39 is 0 Å². The van der Waals surface area contributed by atoms with Crippen LogP contribution in [0, 0.1) is 18.8 Å². The molecule has 3 aromatic rings. The fourth-order valence-electron chi connectivity index (χ4n) is 4.83. The molecule has 1 aromatic heterocycles. The zero-order chi connectivity index (χ0) is 23.4. The number of hydrogen-bond acceptors (Lipinski definition) is 5. The van der Waals surface area contributed by atoms with Crippen molar-refractivity contribution in [2.75, 3.05) is 20.8 Å². The van der Waals surface area contributed by atoms with Crippen molar-refractivity contribution in [1.29, 1.82) is 0 Å². The van der Waals surface area contributed by atoms with Gasteiger partial charge in [0.15, 0.2) is 0 Å². The molecule has 0 amide bonds. The second-order valence-corrected chi connectivity index (χ2v) is 8.98. The van der Waals surface area contributed by atoms with Crippen LogP contribution in [0.3, 0.4) is 0 Å². The van der Waals surface area contributed by atoms with Gasteiger partial charge in [-0.3, -0.25) is 9.36 Å². The summed E-state index contributed by atoms with van der Waals surface area (Å²) in [6, 6.07) is 11.5. The van der Waals surface area contributed by atoms with Gasteiger partial charge in [0.05, 0.1) is 25.1 Å². The van der Waals surface area contributed by atoms with Crippen molar-refractivity contribution in [3.8, 4) is 11.5 Å². The van der Waals surface area contributed by atoms with Crippen LogP contribution in [0.15, 0.2) is 41.2 Å². The van der Waals surface area contributed by atoms with E-state index in [1.807, 2.05) is 60.0 Å². The number of aromatic nitrogens is 2. The number of rotatable bonds is 7. The smallest absolute Gasteiger partial charge is 0.261 e. The first-order valence-corrected chi connectivity index (χ1v) is 11.6. The number of benzene rings is 2. The number of methoxy groups -OCH3 is 2. The Balaban J connectivity index is 1.78. The predicted molar refractivity (Wildman–Crippen MR) is 134 cm³/mol. The first-order chi connectivity index (χ1) is 16.0. The minimum absolute atomic E-state index is 0.0100. The van der Waals surface area contributed by atoms with Crippen LogP contribution in [0.2, 0.25) is 0 Å². The molecule has 1 heterocycles. The van der Waals surface area contributed by atoms with Gasteiger partial charge in [-0.05, 0) is 87.1 Å². The van der Waals surface area contributed by atoms with Crippen molar-refractivity contribution in [2.45, 2.75) is 39.2 Å². The summed E-state index contributed by atoms with van der Waals surface area (Å²) in [5.74, 6) is 3.08. The van der Waals surface area contributed by atoms with E-state index in [9.17, 15) is 4.79 Å². The Morgan fingerprint density at radius 2 is 1.91 bits per heavy atom. The Hall–Kier alpha value is -3.12. The molecular formula is C27H33N3O3. The standard InChI is InChI=1S/C27H33N3O3/c1-18-7-10-24-23(13-18)27(31)30(17-20-6-4-5-19(14-20)16-28)26(29-24)12-8-21-15-22(32-2)9-11-25(21)33-3/h7-13,15,19-20H,4-6,14,16-17,28H2,1-3H3. The highest BCUT2D eigenvalue weighted by Crippen LogP contribution is 2.30. The Kier molecular flexibility index (Phi) is 7.14. The van der Waals surface area contributed by atoms with Gasteiger partial charge < -0.3 is 15.2 Å². The van der Waals surface area contributed by atoms with Gasteiger partial charge in [-0.15, -0.1) is 0 Å². The zero-order valence-corrected chi connectivity index (χ0v) is 19.7. The summed E-state index contributed by atoms with van der Waals surface area (Å²) in [6.07, 6.45) is 8.35. The number of nitrogens with zero attached hydrogens (tertiary/aromatic N) is 2. The molecular weight excluding hydrogens is 414 g/mol. The number of ether oxygens (including phenoxy) is 2. The fourth-order valence-corrected chi connectivity index (χ4v) is 4.83. The summed E-state index contributed by atoms with van der Waals surface area (Å²) in [7, 11) is 3.28. The minimum atomic E-state index is 0.0100. The van der Waals surface area contributed by atoms with Crippen LogP contribution < -0.4 is 20.8 Å². The quantitative estimate of drug-likeness (QED) is 0.570. The van der Waals surface area contributed by atoms with E-state index in [0.29, 0.717) is 41.7 Å². The zero-order valence-electron chi connectivity index (χ0n) is 19.7. The largest absolute Gasteiger partial charge is 0.497 e. The maximum Gasteiger partial charge on any atom is 0.261 e. The van der Waals surface area contributed by atoms with E-state index in [2.05, 4.69) is 0 Å². The monoisotopic (exact) mass is 447 g/mol. The van der Waals surface area contributed by atoms with E-state index in [1.165, 1.54) is 6.42 Å². The van der Waals surface area contributed by atoms with E-state index >= 15 is 0 Å². The third-order valence-corrected chi connectivity index (χ3v) is 6.65. The first kappa shape index (κ1) is 23.1. The highest BCUT2D eigenvalue weighted by atomic mass is 16.5. The molecule has 0 aliphatic heterocycles. The van der Waals surface area contributed by atoms with Crippen molar-refractivity contribution in [3.05, 3.63) is 63.7 Å². The molecule has 2 atom stereocenters. The molecule has 4 rings (SSSR count). The van der Waals surface area contributed by atoms with Gasteiger partial charge in [-0.25, -0.2) is 4.98 Å². The van der Waals surface area contributed by atoms with Crippen LogP contribution >= 0.6 is 0 Å². The van der Waals surface area contributed by atoms with Crippen LogP contribution in [0.5, 0.6) is 11.5 Å². The summed E-state index contributed by atoms with van der Waals surface area (Å²) in [6.45, 7) is 3.36. The SMILES string of the molecule is COc1ccc(OC)c(C=Cc2nc3ccc(C)cc3c(=O)n2CC2CCCC(CN)C2)c1. The van der Waals surface area contributed by atoms with Crippen LogP contribution in [0.25, 0.3) is 23.1 Å². The van der Waals surface area contributed by atoms with Crippen LogP contribution in [-0.2, 0) is 6.54 Å². The lowest BCUT2D eigenvalue weighted by atomic mass is 9.81. The van der Waals surface area contributed by atoms with Crippen molar-refractivity contribution in [3.63, 3.8) is 0 Å². The summed E-state index contributed by atoms with van der Waals surface area (Å²) in [5, 5.41) is 0.664. The molecule has 2 N–H and O–H groups in total. The molecule has 1 saturated carbocycles. The second kappa shape index (κ2) is 10.2. The number of nitrogens with two attached hydrogens (primary N) is 1. The maximum absolute atomic E-state index is 13.6. The van der Waals surface area contributed by atoms with Gasteiger partial charge in [0.25, 0.3) is 5.56 Å². The van der Waals surface area contributed by atoms with Gasteiger partial charge in [-0.1, -0.05) is 18.1 Å². The summed E-state index contributed by atoms with van der Waals surface area (Å²) in [5.41, 5.74) is 8.60. The van der Waals surface area contributed by atoms with Gasteiger partial charge in [0, 0.05) is 12.1 Å². The summed E-state index contributed by atoms with van der Waals surface area (Å²) in [4.78, 5) is 18.5. The molecule has 0 radical (unpaired) electrons. The third kappa shape index (κ3) is 5.11. The van der Waals surface area contributed by atoms with Crippen molar-refractivity contribution in [2.24, 2.45) is 17.6 Å². The van der Waals surface area contributed by atoms with Crippen LogP contribution in [0.4, 0.5) is 0 Å². The number of hydrogen-bond donors (Lipinski definition) is 1. The Morgan fingerprint density at radius 3 is 2.67 bits per heavy atom. The lowest BCUT2D eigenvalue weighted by molar-refractivity contribution is 0.245. The minimum Gasteiger partial charge on any atom is -0.497 e. The molecule has 2 aromatic carbocycles. The second-order valence-electron chi connectivity index (χ2n) is 8.98. The molecule has 1 fully saturated rings. The molecule has 174 valence electrons. The Labute approximate surface area is 195 Å². The van der Waals surface area contributed by atoms with E-state index in [1.54, 1.807) is 14.2 Å². The topological polar surface area (TPSA) is 79.4 Å². The first-order valence-electron chi connectivity index (χ1n) is 11.6. The van der Waals surface area contributed by atoms with Crippen molar-refractivity contribution in [1.82, 2.24) is 9.55 Å². The normalized spacial score (nSPS) is 18.7. The molecule has 0 spiro atoms. The van der Waals surface area contributed by atoms with E-state index in [-0.39, 0.29) is 5.56 Å². The molecule has 6 nitrogen and oxygen atoms in total. The van der Waals surface area contributed by atoms with Crippen molar-refractivity contribution >= 4 is 23.1 Å². The molecule has 1 aliphatic carbocycles. The molecule has 33 heavy (non-hydrogen) atoms. The van der Waals surface area contributed by atoms with Gasteiger partial charge in [0.1, 0.15) is 17.3 Å². The van der Waals surface area contributed by atoms with Gasteiger partial charge in [0.2, 0.25) is 0 Å². The average molecular weight is 448 g/mol. The van der Waals surface area contributed by atoms with Crippen LogP contribution in [-0.4, -0.2) is 30.3 Å². The highest BCUT2D eigenvalue weighted by Gasteiger charge is 2.23. The third-order valence-electron chi connectivity index (χ3n) is 6.65. The Bertz CT molecular complexity index is 1220. The lowest BCUT2D eigenvalue weighted by Gasteiger charge is -2.29. The van der Waals surface area contributed by atoms with Crippen LogP contribution in [0.1, 0.15) is 42.6 Å². The number of aryl methyl sites for hydroxylation is 1. The summed E-state index contributed by atoms with van der Waals surface area (Å²) < 4.78 is 12.7. The molecule has 2 unspecified atom stereocenters. The molecule has 6 heteroatoms. The maximum atomic E-state index is 13.6. The van der Waals surface area contributed by atoms with Gasteiger partial charge in [-0.2, -0.15) is 0 Å². The van der Waals surface area contributed by atoms with Gasteiger partial charge >= 0.3 is 0 Å². The molecule has 1 aliphatic rings. The molecule has 0 saturated heterocycles. The van der Waals surface area contributed by atoms with E-state index in [4.69, 9.17) is 20.2 Å². The summed E-state index contributed by atoms with van der Waals surface area (Å²) >= 11 is 0. The highest BCUT2D eigenvalue weighted by molar-refractivity contribution is 5.80. The Morgan fingerprint density at radius 1 is 1.09 bits per heavy atom. The van der Waals surface area contributed by atoms with Crippen molar-refractivity contribution < 1.29 is 9.47 Å². The van der Waals surface area contributed by atoms with E-state index in [0.717, 1.165) is 41.9 Å². The predicted octanol–water partition coefficient (Wildman–Crippen LogP) is 4.66.